The number of para-hydroxylation sites is 1. The number of rotatable bonds is 7. The van der Waals surface area contributed by atoms with Crippen LogP contribution in [0.2, 0.25) is 0 Å². The van der Waals surface area contributed by atoms with Crippen LogP contribution < -0.4 is 10.6 Å². The lowest BCUT2D eigenvalue weighted by Crippen LogP contribution is -2.32. The fourth-order valence-electron chi connectivity index (χ4n) is 1.33. The Bertz CT molecular complexity index is 532. The van der Waals surface area contributed by atoms with Gasteiger partial charge in [0.2, 0.25) is 5.91 Å². The van der Waals surface area contributed by atoms with Crippen LogP contribution in [0, 0.1) is 0 Å². The molecule has 0 bridgehead atoms. The van der Waals surface area contributed by atoms with Gasteiger partial charge in [0.25, 0.3) is 0 Å². The molecule has 1 rings (SSSR count). The number of hydrogen-bond acceptors (Lipinski definition) is 4. The number of sulfone groups is 1. The number of benzene rings is 1. The molecular weight excluding hydrogens is 332 g/mol. The first-order valence-electron chi connectivity index (χ1n) is 5.90. The average Bonchev–Trinajstić information content (AvgIpc) is 2.38. The van der Waals surface area contributed by atoms with E-state index in [4.69, 9.17) is 0 Å². The highest BCUT2D eigenvalue weighted by Crippen LogP contribution is 2.20. The molecule has 19 heavy (non-hydrogen) atoms. The topological polar surface area (TPSA) is 75.3 Å². The third-order valence-electron chi connectivity index (χ3n) is 2.46. The molecule has 0 unspecified atom stereocenters. The summed E-state index contributed by atoms with van der Waals surface area (Å²) in [4.78, 5) is 11.6. The number of halogens is 1. The molecule has 106 valence electrons. The van der Waals surface area contributed by atoms with Gasteiger partial charge in [0, 0.05) is 16.8 Å². The zero-order chi connectivity index (χ0) is 14.3. The maximum atomic E-state index is 11.6. The zero-order valence-electron chi connectivity index (χ0n) is 10.6. The van der Waals surface area contributed by atoms with E-state index in [-0.39, 0.29) is 30.5 Å². The number of amides is 1. The molecule has 0 aliphatic heterocycles. The van der Waals surface area contributed by atoms with Gasteiger partial charge in [0.05, 0.1) is 18.0 Å². The first-order valence-corrected chi connectivity index (χ1v) is 8.51. The highest BCUT2D eigenvalue weighted by atomic mass is 79.9. The molecule has 7 heteroatoms. The molecule has 0 aromatic heterocycles. The number of carbonyl (C=O) groups is 1. The largest absolute Gasteiger partial charge is 0.324 e. The van der Waals surface area contributed by atoms with Crippen LogP contribution in [-0.2, 0) is 14.6 Å². The van der Waals surface area contributed by atoms with Gasteiger partial charge in [-0.1, -0.05) is 19.1 Å². The van der Waals surface area contributed by atoms with E-state index in [2.05, 4.69) is 26.6 Å². The molecule has 0 spiro atoms. The molecule has 1 amide bonds. The predicted octanol–water partition coefficient (Wildman–Crippen LogP) is 1.41. The van der Waals surface area contributed by atoms with E-state index in [1.165, 1.54) is 0 Å². The SMILES string of the molecule is CCS(=O)(=O)CCNCC(=O)Nc1ccccc1Br. The van der Waals surface area contributed by atoms with Gasteiger partial charge in [-0.15, -0.1) is 0 Å². The average molecular weight is 349 g/mol. The Kier molecular flexibility index (Phi) is 6.47. The second kappa shape index (κ2) is 7.62. The van der Waals surface area contributed by atoms with Crippen LogP contribution in [0.25, 0.3) is 0 Å². The van der Waals surface area contributed by atoms with E-state index in [1.54, 1.807) is 13.0 Å². The molecule has 0 saturated carbocycles. The van der Waals surface area contributed by atoms with Gasteiger partial charge in [0.15, 0.2) is 9.84 Å². The van der Waals surface area contributed by atoms with E-state index in [1.807, 2.05) is 18.2 Å². The fraction of sp³-hybridized carbons (Fsp3) is 0.417. The summed E-state index contributed by atoms with van der Waals surface area (Å²) in [5, 5.41) is 5.53. The molecular formula is C12H17BrN2O3S. The van der Waals surface area contributed by atoms with E-state index in [0.717, 1.165) is 4.47 Å². The normalized spacial score (nSPS) is 11.3. The van der Waals surface area contributed by atoms with E-state index in [0.29, 0.717) is 5.69 Å². The zero-order valence-corrected chi connectivity index (χ0v) is 13.1. The molecule has 0 aliphatic rings. The number of anilines is 1. The Morgan fingerprint density at radius 3 is 2.63 bits per heavy atom. The van der Waals surface area contributed by atoms with Crippen molar-refractivity contribution in [2.45, 2.75) is 6.92 Å². The van der Waals surface area contributed by atoms with Crippen molar-refractivity contribution < 1.29 is 13.2 Å². The van der Waals surface area contributed by atoms with Crippen LogP contribution in [-0.4, -0.2) is 38.9 Å². The summed E-state index contributed by atoms with van der Waals surface area (Å²) in [5.41, 5.74) is 0.690. The Balaban J connectivity index is 2.31. The molecule has 0 heterocycles. The number of carbonyl (C=O) groups excluding carboxylic acids is 1. The lowest BCUT2D eigenvalue weighted by atomic mass is 10.3. The molecule has 0 saturated heterocycles. The minimum Gasteiger partial charge on any atom is -0.324 e. The highest BCUT2D eigenvalue weighted by molar-refractivity contribution is 9.10. The molecule has 0 atom stereocenters. The molecule has 5 nitrogen and oxygen atoms in total. The second-order valence-corrected chi connectivity index (χ2v) is 7.27. The van der Waals surface area contributed by atoms with Gasteiger partial charge < -0.3 is 10.6 Å². The first kappa shape index (κ1) is 16.1. The Morgan fingerprint density at radius 2 is 2.00 bits per heavy atom. The summed E-state index contributed by atoms with van der Waals surface area (Å²) < 4.78 is 23.3. The summed E-state index contributed by atoms with van der Waals surface area (Å²) >= 11 is 3.33. The van der Waals surface area contributed by atoms with Crippen LogP contribution in [0.1, 0.15) is 6.92 Å². The van der Waals surface area contributed by atoms with Crippen LogP contribution in [0.5, 0.6) is 0 Å². The van der Waals surface area contributed by atoms with Crippen molar-refractivity contribution in [1.82, 2.24) is 5.32 Å². The lowest BCUT2D eigenvalue weighted by Gasteiger charge is -2.08. The van der Waals surface area contributed by atoms with Gasteiger partial charge in [-0.25, -0.2) is 8.42 Å². The Hall–Kier alpha value is -0.920. The van der Waals surface area contributed by atoms with E-state index in [9.17, 15) is 13.2 Å². The lowest BCUT2D eigenvalue weighted by molar-refractivity contribution is -0.115. The predicted molar refractivity (Wildman–Crippen MR) is 80.0 cm³/mol. The molecule has 0 radical (unpaired) electrons. The van der Waals surface area contributed by atoms with Gasteiger partial charge in [-0.05, 0) is 28.1 Å². The summed E-state index contributed by atoms with van der Waals surface area (Å²) in [6, 6.07) is 7.29. The highest BCUT2D eigenvalue weighted by Gasteiger charge is 2.08. The summed E-state index contributed by atoms with van der Waals surface area (Å²) in [6.45, 7) is 1.97. The van der Waals surface area contributed by atoms with Crippen LogP contribution >= 0.6 is 15.9 Å². The minimum absolute atomic E-state index is 0.0474. The Morgan fingerprint density at radius 1 is 1.32 bits per heavy atom. The van der Waals surface area contributed by atoms with Crippen molar-refractivity contribution >= 4 is 37.4 Å². The van der Waals surface area contributed by atoms with Crippen molar-refractivity contribution in [2.24, 2.45) is 0 Å². The van der Waals surface area contributed by atoms with Gasteiger partial charge in [0.1, 0.15) is 0 Å². The van der Waals surface area contributed by atoms with Crippen LogP contribution in [0.4, 0.5) is 5.69 Å². The van der Waals surface area contributed by atoms with E-state index >= 15 is 0 Å². The summed E-state index contributed by atoms with van der Waals surface area (Å²) in [7, 11) is -2.98. The van der Waals surface area contributed by atoms with Crippen molar-refractivity contribution in [3.8, 4) is 0 Å². The number of nitrogens with one attached hydrogen (secondary N) is 2. The quantitative estimate of drug-likeness (QED) is 0.730. The first-order chi connectivity index (χ1) is 8.94. The Labute approximate surface area is 121 Å². The number of hydrogen-bond donors (Lipinski definition) is 2. The third-order valence-corrected chi connectivity index (χ3v) is 4.86. The smallest absolute Gasteiger partial charge is 0.238 e. The minimum atomic E-state index is -2.98. The molecule has 0 aliphatic carbocycles. The molecule has 1 aromatic rings. The maximum Gasteiger partial charge on any atom is 0.238 e. The van der Waals surface area contributed by atoms with Gasteiger partial charge in [-0.2, -0.15) is 0 Å². The molecule has 0 fully saturated rings. The molecule has 2 N–H and O–H groups in total. The maximum absolute atomic E-state index is 11.6. The van der Waals surface area contributed by atoms with Crippen molar-refractivity contribution in [2.75, 3.05) is 29.9 Å². The summed E-state index contributed by atoms with van der Waals surface area (Å²) in [5.74, 6) is -0.0373. The molecule has 1 aromatic carbocycles. The van der Waals surface area contributed by atoms with Crippen LogP contribution in [0.15, 0.2) is 28.7 Å². The standard InChI is InChI=1S/C12H17BrN2O3S/c1-2-19(17,18)8-7-14-9-12(16)15-11-6-4-3-5-10(11)13/h3-6,14H,2,7-9H2,1H3,(H,15,16). The van der Waals surface area contributed by atoms with Crippen LogP contribution in [0.3, 0.4) is 0 Å². The van der Waals surface area contributed by atoms with Gasteiger partial charge >= 0.3 is 0 Å². The monoisotopic (exact) mass is 348 g/mol. The fourth-order valence-corrected chi connectivity index (χ4v) is 2.46. The van der Waals surface area contributed by atoms with Crippen molar-refractivity contribution in [3.05, 3.63) is 28.7 Å². The van der Waals surface area contributed by atoms with Crippen molar-refractivity contribution in [1.29, 1.82) is 0 Å². The third kappa shape index (κ3) is 6.17. The van der Waals surface area contributed by atoms with Crippen molar-refractivity contribution in [3.63, 3.8) is 0 Å². The second-order valence-electron chi connectivity index (χ2n) is 3.94. The van der Waals surface area contributed by atoms with Gasteiger partial charge in [-0.3, -0.25) is 4.79 Å². The van der Waals surface area contributed by atoms with E-state index < -0.39 is 9.84 Å². The summed E-state index contributed by atoms with van der Waals surface area (Å²) in [6.07, 6.45) is 0.